The van der Waals surface area contributed by atoms with Crippen molar-refractivity contribution in [2.45, 2.75) is 19.0 Å². The normalized spacial score (nSPS) is 19.5. The average molecular weight is 325 g/mol. The maximum atomic E-state index is 11.9. The van der Waals surface area contributed by atoms with Crippen molar-refractivity contribution in [3.05, 3.63) is 35.9 Å². The Morgan fingerprint density at radius 1 is 1.36 bits per heavy atom. The summed E-state index contributed by atoms with van der Waals surface area (Å²) < 4.78 is 23.6. The van der Waals surface area contributed by atoms with E-state index in [1.165, 1.54) is 12.6 Å². The first-order valence-corrected chi connectivity index (χ1v) is 9.16. The van der Waals surface area contributed by atoms with Gasteiger partial charge < -0.3 is 5.32 Å². The van der Waals surface area contributed by atoms with E-state index in [1.807, 2.05) is 18.2 Å². The lowest BCUT2D eigenvalue weighted by Gasteiger charge is -2.18. The summed E-state index contributed by atoms with van der Waals surface area (Å²) in [6.45, 7) is 2.47. The van der Waals surface area contributed by atoms with Gasteiger partial charge in [-0.05, 0) is 12.0 Å². The molecule has 22 heavy (non-hydrogen) atoms. The average Bonchev–Trinajstić information content (AvgIpc) is 2.85. The van der Waals surface area contributed by atoms with Gasteiger partial charge >= 0.3 is 0 Å². The van der Waals surface area contributed by atoms with Crippen LogP contribution in [0.4, 0.5) is 0 Å². The summed E-state index contributed by atoms with van der Waals surface area (Å²) in [4.78, 5) is 14.2. The van der Waals surface area contributed by atoms with E-state index in [4.69, 9.17) is 0 Å². The van der Waals surface area contributed by atoms with Gasteiger partial charge in [-0.15, -0.1) is 0 Å². The molecule has 1 aliphatic heterocycles. The number of carbonyl (C=O) groups excluding carboxylic acids is 1. The zero-order valence-corrected chi connectivity index (χ0v) is 13.8. The van der Waals surface area contributed by atoms with E-state index in [1.54, 1.807) is 0 Å². The minimum absolute atomic E-state index is 0.0872. The lowest BCUT2D eigenvalue weighted by molar-refractivity contribution is -0.121. The van der Waals surface area contributed by atoms with Crippen molar-refractivity contribution in [1.82, 2.24) is 14.5 Å². The maximum Gasteiger partial charge on any atom is 0.235 e. The molecule has 0 radical (unpaired) electrons. The molecule has 1 amide bonds. The van der Waals surface area contributed by atoms with Crippen LogP contribution in [0, 0.1) is 0 Å². The number of rotatable bonds is 6. The van der Waals surface area contributed by atoms with E-state index in [0.717, 1.165) is 36.6 Å². The monoisotopic (exact) mass is 325 g/mol. The molecule has 1 aliphatic rings. The van der Waals surface area contributed by atoms with Crippen molar-refractivity contribution in [2.75, 3.05) is 32.9 Å². The fourth-order valence-electron chi connectivity index (χ4n) is 2.53. The minimum Gasteiger partial charge on any atom is -0.351 e. The molecule has 0 aliphatic carbocycles. The highest BCUT2D eigenvalue weighted by Crippen LogP contribution is 2.13. The second-order valence-electron chi connectivity index (χ2n) is 5.79. The van der Waals surface area contributed by atoms with Gasteiger partial charge in [-0.2, -0.15) is 4.31 Å². The first kappa shape index (κ1) is 16.9. The molecule has 122 valence electrons. The summed E-state index contributed by atoms with van der Waals surface area (Å²) in [5, 5.41) is 2.91. The lowest BCUT2D eigenvalue weighted by atomic mass is 10.2. The van der Waals surface area contributed by atoms with E-state index in [0.29, 0.717) is 0 Å². The van der Waals surface area contributed by atoms with Crippen LogP contribution in [0.25, 0.3) is 0 Å². The third-order valence-electron chi connectivity index (χ3n) is 3.82. The van der Waals surface area contributed by atoms with E-state index in [2.05, 4.69) is 22.3 Å². The highest BCUT2D eigenvalue weighted by atomic mass is 32.2. The summed E-state index contributed by atoms with van der Waals surface area (Å²) >= 11 is 0. The Bertz CT molecular complexity index is 604. The molecule has 0 aromatic heterocycles. The Hall–Kier alpha value is -1.44. The van der Waals surface area contributed by atoms with Crippen LogP contribution in [0.5, 0.6) is 0 Å². The quantitative estimate of drug-likeness (QED) is 0.815. The Balaban J connectivity index is 1.78. The predicted molar refractivity (Wildman–Crippen MR) is 85.7 cm³/mol. The van der Waals surface area contributed by atoms with Crippen LogP contribution in [0.15, 0.2) is 30.3 Å². The van der Waals surface area contributed by atoms with Gasteiger partial charge in [0.05, 0.1) is 12.8 Å². The second-order valence-corrected chi connectivity index (χ2v) is 7.88. The standard InChI is InChI=1S/C15H23N3O3S/c1-17(22(2,20)21)12-15(19)16-14-8-9-18(11-14)10-13-6-4-3-5-7-13/h3-7,14H,8-12H2,1-2H3,(H,16,19). The fraction of sp³-hybridized carbons (Fsp3) is 0.533. The molecule has 6 nitrogen and oxygen atoms in total. The number of amides is 1. The Kier molecular flexibility index (Phi) is 5.55. The van der Waals surface area contributed by atoms with E-state index in [9.17, 15) is 13.2 Å². The van der Waals surface area contributed by atoms with Crippen molar-refractivity contribution in [3.63, 3.8) is 0 Å². The zero-order valence-electron chi connectivity index (χ0n) is 13.0. The number of hydrogen-bond acceptors (Lipinski definition) is 4. The van der Waals surface area contributed by atoms with Crippen LogP contribution in [0.1, 0.15) is 12.0 Å². The van der Waals surface area contributed by atoms with Gasteiger partial charge in [0.1, 0.15) is 0 Å². The fourth-order valence-corrected chi connectivity index (χ4v) is 2.88. The van der Waals surface area contributed by atoms with E-state index < -0.39 is 10.0 Å². The maximum absolute atomic E-state index is 11.9. The molecule has 1 N–H and O–H groups in total. The second kappa shape index (κ2) is 7.21. The largest absolute Gasteiger partial charge is 0.351 e. The highest BCUT2D eigenvalue weighted by molar-refractivity contribution is 7.88. The number of nitrogens with zero attached hydrogens (tertiary/aromatic N) is 2. The summed E-state index contributed by atoms with van der Waals surface area (Å²) in [5.41, 5.74) is 1.26. The molecule has 1 heterocycles. The van der Waals surface area contributed by atoms with Crippen molar-refractivity contribution in [1.29, 1.82) is 0 Å². The van der Waals surface area contributed by atoms with Crippen molar-refractivity contribution in [2.24, 2.45) is 0 Å². The van der Waals surface area contributed by atoms with Crippen LogP contribution < -0.4 is 5.32 Å². The predicted octanol–water partition coefficient (Wildman–Crippen LogP) is 0.269. The van der Waals surface area contributed by atoms with Crippen molar-refractivity contribution in [3.8, 4) is 0 Å². The van der Waals surface area contributed by atoms with Gasteiger partial charge in [-0.1, -0.05) is 30.3 Å². The zero-order chi connectivity index (χ0) is 16.2. The van der Waals surface area contributed by atoms with Crippen LogP contribution in [-0.4, -0.2) is 62.5 Å². The molecule has 1 aromatic carbocycles. The molecule has 1 saturated heterocycles. The SMILES string of the molecule is CN(CC(=O)NC1CCN(Cc2ccccc2)C1)S(C)(=O)=O. The van der Waals surface area contributed by atoms with Gasteiger partial charge in [0.15, 0.2) is 0 Å². The first-order valence-electron chi connectivity index (χ1n) is 7.31. The van der Waals surface area contributed by atoms with Gasteiger partial charge in [-0.3, -0.25) is 9.69 Å². The van der Waals surface area contributed by atoms with Crippen LogP contribution in [0.3, 0.4) is 0 Å². The molecule has 7 heteroatoms. The molecule has 1 fully saturated rings. The number of nitrogens with one attached hydrogen (secondary N) is 1. The highest BCUT2D eigenvalue weighted by Gasteiger charge is 2.25. The lowest BCUT2D eigenvalue weighted by Crippen LogP contribution is -2.43. The number of benzene rings is 1. The number of hydrogen-bond donors (Lipinski definition) is 1. The Morgan fingerprint density at radius 3 is 2.68 bits per heavy atom. The van der Waals surface area contributed by atoms with E-state index in [-0.39, 0.29) is 18.5 Å². The summed E-state index contributed by atoms with van der Waals surface area (Å²) in [6.07, 6.45) is 1.98. The topological polar surface area (TPSA) is 69.7 Å². The van der Waals surface area contributed by atoms with E-state index >= 15 is 0 Å². The first-order chi connectivity index (χ1) is 10.3. The van der Waals surface area contributed by atoms with Crippen LogP contribution in [0.2, 0.25) is 0 Å². The smallest absolute Gasteiger partial charge is 0.235 e. The van der Waals surface area contributed by atoms with Gasteiger partial charge in [-0.25, -0.2) is 8.42 Å². The molecule has 1 unspecified atom stereocenters. The number of likely N-dealkylation sites (tertiary alicyclic amines) is 1. The summed E-state index contributed by atoms with van der Waals surface area (Å²) in [6, 6.07) is 10.3. The van der Waals surface area contributed by atoms with Crippen molar-refractivity contribution >= 4 is 15.9 Å². The summed E-state index contributed by atoms with van der Waals surface area (Å²) in [5.74, 6) is -0.250. The molecule has 0 bridgehead atoms. The molecular formula is C15H23N3O3S. The third kappa shape index (κ3) is 5.08. The van der Waals surface area contributed by atoms with Crippen molar-refractivity contribution < 1.29 is 13.2 Å². The van der Waals surface area contributed by atoms with Gasteiger partial charge in [0, 0.05) is 32.7 Å². The third-order valence-corrected chi connectivity index (χ3v) is 5.08. The number of sulfonamides is 1. The Labute approximate surface area is 132 Å². The van der Waals surface area contributed by atoms with Crippen LogP contribution in [-0.2, 0) is 21.4 Å². The summed E-state index contributed by atoms with van der Waals surface area (Å²) in [7, 11) is -1.91. The van der Waals surface area contributed by atoms with Gasteiger partial charge in [0.2, 0.25) is 15.9 Å². The number of carbonyl (C=O) groups is 1. The Morgan fingerprint density at radius 2 is 2.05 bits per heavy atom. The molecule has 2 rings (SSSR count). The van der Waals surface area contributed by atoms with Crippen LogP contribution >= 0.6 is 0 Å². The molecule has 0 spiro atoms. The van der Waals surface area contributed by atoms with Gasteiger partial charge in [0.25, 0.3) is 0 Å². The minimum atomic E-state index is -3.32. The molecule has 1 atom stereocenters. The molecule has 0 saturated carbocycles. The number of likely N-dealkylation sites (N-methyl/N-ethyl adjacent to an activating group) is 1. The molecular weight excluding hydrogens is 302 g/mol. The molecule has 1 aromatic rings.